The summed E-state index contributed by atoms with van der Waals surface area (Å²) in [4.78, 5) is 0. The zero-order valence-electron chi connectivity index (χ0n) is 6.57. The van der Waals surface area contributed by atoms with Crippen molar-refractivity contribution in [1.29, 1.82) is 0 Å². The van der Waals surface area contributed by atoms with Crippen LogP contribution < -0.4 is 5.32 Å². The molecule has 2 unspecified atom stereocenters. The Bertz CT molecular complexity index is 95.3. The van der Waals surface area contributed by atoms with E-state index in [2.05, 4.69) is 12.2 Å². The van der Waals surface area contributed by atoms with Crippen molar-refractivity contribution < 1.29 is 4.39 Å². The first-order valence-electron chi connectivity index (χ1n) is 4.19. The van der Waals surface area contributed by atoms with E-state index in [0.717, 1.165) is 13.0 Å². The van der Waals surface area contributed by atoms with E-state index in [-0.39, 0.29) is 0 Å². The van der Waals surface area contributed by atoms with Gasteiger partial charge in [0, 0.05) is 19.0 Å². The number of halogens is 1. The van der Waals surface area contributed by atoms with Crippen LogP contribution in [0.5, 0.6) is 0 Å². The molecule has 0 spiro atoms. The van der Waals surface area contributed by atoms with Crippen molar-refractivity contribution in [2.24, 2.45) is 5.92 Å². The minimum atomic E-state index is -0.577. The molecule has 10 heavy (non-hydrogen) atoms. The topological polar surface area (TPSA) is 12.0 Å². The number of nitrogens with one attached hydrogen (secondary N) is 1. The predicted octanol–water partition coefficient (Wildman–Crippen LogP) is 1.73. The van der Waals surface area contributed by atoms with Gasteiger partial charge in [0.15, 0.2) is 0 Å². The molecule has 1 nitrogen and oxygen atoms in total. The average molecular weight is 145 g/mol. The van der Waals surface area contributed by atoms with Crippen molar-refractivity contribution in [1.82, 2.24) is 5.32 Å². The van der Waals surface area contributed by atoms with E-state index >= 15 is 0 Å². The second kappa shape index (κ2) is 3.91. The van der Waals surface area contributed by atoms with Crippen molar-refractivity contribution in [3.8, 4) is 0 Å². The molecule has 0 aromatic rings. The Morgan fingerprint density at radius 3 is 2.80 bits per heavy atom. The predicted molar refractivity (Wildman–Crippen MR) is 40.8 cm³/mol. The summed E-state index contributed by atoms with van der Waals surface area (Å²) in [6, 6.07) is 0. The van der Waals surface area contributed by atoms with Crippen molar-refractivity contribution in [3.63, 3.8) is 0 Å². The van der Waals surface area contributed by atoms with Crippen molar-refractivity contribution in [2.75, 3.05) is 13.1 Å². The van der Waals surface area contributed by atoms with Gasteiger partial charge in [-0.1, -0.05) is 19.8 Å². The molecule has 60 valence electrons. The Hall–Kier alpha value is -0.110. The van der Waals surface area contributed by atoms with Gasteiger partial charge in [0.05, 0.1) is 0 Å². The Morgan fingerprint density at radius 2 is 2.30 bits per heavy atom. The molecule has 0 amide bonds. The molecule has 2 heteroatoms. The molecule has 1 fully saturated rings. The van der Waals surface area contributed by atoms with Gasteiger partial charge in [-0.05, 0) is 6.42 Å². The first kappa shape index (κ1) is 7.99. The van der Waals surface area contributed by atoms with E-state index in [4.69, 9.17) is 0 Å². The number of unbranched alkanes of at least 4 members (excludes halogenated alkanes) is 1. The fraction of sp³-hybridized carbons (Fsp3) is 1.00. The van der Waals surface area contributed by atoms with Crippen LogP contribution in [0.3, 0.4) is 0 Å². The van der Waals surface area contributed by atoms with Crippen LogP contribution in [0.25, 0.3) is 0 Å². The van der Waals surface area contributed by atoms with E-state index in [0.29, 0.717) is 12.5 Å². The molecule has 2 atom stereocenters. The van der Waals surface area contributed by atoms with Crippen LogP contribution >= 0.6 is 0 Å². The summed E-state index contributed by atoms with van der Waals surface area (Å²) in [5.74, 6) is 0.306. The highest BCUT2D eigenvalue weighted by molar-refractivity contribution is 4.80. The number of rotatable bonds is 3. The van der Waals surface area contributed by atoms with E-state index in [1.807, 2.05) is 0 Å². The third-order valence-electron chi connectivity index (χ3n) is 2.19. The number of alkyl halides is 1. The molecule has 1 rings (SSSR count). The van der Waals surface area contributed by atoms with E-state index in [1.54, 1.807) is 0 Å². The molecule has 1 heterocycles. The Balaban J connectivity index is 2.14. The SMILES string of the molecule is CCCCC1CNCC1F. The maximum absolute atomic E-state index is 12.8. The summed E-state index contributed by atoms with van der Waals surface area (Å²) in [5, 5.41) is 3.06. The van der Waals surface area contributed by atoms with Crippen LogP contribution in [0, 0.1) is 5.92 Å². The lowest BCUT2D eigenvalue weighted by molar-refractivity contribution is 0.269. The summed E-state index contributed by atoms with van der Waals surface area (Å²) in [6.07, 6.45) is 2.84. The Kier molecular flexibility index (Phi) is 3.13. The molecule has 0 saturated carbocycles. The minimum absolute atomic E-state index is 0.306. The fourth-order valence-electron chi connectivity index (χ4n) is 1.45. The van der Waals surface area contributed by atoms with Gasteiger partial charge in [-0.2, -0.15) is 0 Å². The molecular formula is C8H16FN. The summed E-state index contributed by atoms with van der Waals surface area (Å²) < 4.78 is 12.8. The second-order valence-electron chi connectivity index (χ2n) is 3.08. The minimum Gasteiger partial charge on any atom is -0.313 e. The zero-order chi connectivity index (χ0) is 7.40. The maximum Gasteiger partial charge on any atom is 0.116 e. The van der Waals surface area contributed by atoms with Gasteiger partial charge in [-0.15, -0.1) is 0 Å². The zero-order valence-corrected chi connectivity index (χ0v) is 6.57. The first-order valence-corrected chi connectivity index (χ1v) is 4.19. The lowest BCUT2D eigenvalue weighted by Gasteiger charge is -2.09. The van der Waals surface area contributed by atoms with Crippen LogP contribution in [-0.2, 0) is 0 Å². The van der Waals surface area contributed by atoms with E-state index in [1.165, 1.54) is 12.8 Å². The van der Waals surface area contributed by atoms with Gasteiger partial charge in [0.1, 0.15) is 6.17 Å². The van der Waals surface area contributed by atoms with Crippen LogP contribution in [0.1, 0.15) is 26.2 Å². The van der Waals surface area contributed by atoms with Crippen LogP contribution in [0.2, 0.25) is 0 Å². The molecule has 0 bridgehead atoms. The quantitative estimate of drug-likeness (QED) is 0.637. The van der Waals surface area contributed by atoms with Gasteiger partial charge in [-0.3, -0.25) is 0 Å². The normalized spacial score (nSPS) is 33.0. The van der Waals surface area contributed by atoms with Crippen molar-refractivity contribution in [3.05, 3.63) is 0 Å². The lowest BCUT2D eigenvalue weighted by Crippen LogP contribution is -2.12. The van der Waals surface area contributed by atoms with Crippen LogP contribution in [-0.4, -0.2) is 19.3 Å². The van der Waals surface area contributed by atoms with Gasteiger partial charge in [0.25, 0.3) is 0 Å². The number of hydrogen-bond donors (Lipinski definition) is 1. The molecule has 1 aliphatic rings. The highest BCUT2D eigenvalue weighted by atomic mass is 19.1. The summed E-state index contributed by atoms with van der Waals surface area (Å²) in [7, 11) is 0. The summed E-state index contributed by atoms with van der Waals surface area (Å²) in [6.45, 7) is 3.62. The number of hydrogen-bond acceptors (Lipinski definition) is 1. The molecule has 0 radical (unpaired) electrons. The smallest absolute Gasteiger partial charge is 0.116 e. The van der Waals surface area contributed by atoms with Crippen molar-refractivity contribution >= 4 is 0 Å². The van der Waals surface area contributed by atoms with Crippen LogP contribution in [0.4, 0.5) is 4.39 Å². The van der Waals surface area contributed by atoms with Crippen LogP contribution in [0.15, 0.2) is 0 Å². The molecule has 1 aliphatic heterocycles. The molecular weight excluding hydrogens is 129 g/mol. The second-order valence-corrected chi connectivity index (χ2v) is 3.08. The summed E-state index contributed by atoms with van der Waals surface area (Å²) in [5.41, 5.74) is 0. The summed E-state index contributed by atoms with van der Waals surface area (Å²) >= 11 is 0. The lowest BCUT2D eigenvalue weighted by atomic mass is 10.0. The molecule has 0 aromatic carbocycles. The van der Waals surface area contributed by atoms with E-state index in [9.17, 15) is 4.39 Å². The van der Waals surface area contributed by atoms with Crippen molar-refractivity contribution in [2.45, 2.75) is 32.4 Å². The van der Waals surface area contributed by atoms with Gasteiger partial charge in [-0.25, -0.2) is 4.39 Å². The monoisotopic (exact) mass is 145 g/mol. The van der Waals surface area contributed by atoms with Gasteiger partial charge >= 0.3 is 0 Å². The standard InChI is InChI=1S/C8H16FN/c1-2-3-4-7-5-10-6-8(7)9/h7-8,10H,2-6H2,1H3. The average Bonchev–Trinajstić information content (AvgIpc) is 2.31. The van der Waals surface area contributed by atoms with Gasteiger partial charge < -0.3 is 5.32 Å². The Morgan fingerprint density at radius 1 is 1.50 bits per heavy atom. The highest BCUT2D eigenvalue weighted by Gasteiger charge is 2.25. The van der Waals surface area contributed by atoms with Gasteiger partial charge in [0.2, 0.25) is 0 Å². The third kappa shape index (κ3) is 1.94. The fourth-order valence-corrected chi connectivity index (χ4v) is 1.45. The molecule has 0 aromatic heterocycles. The molecule has 1 saturated heterocycles. The molecule has 1 N–H and O–H groups in total. The first-order chi connectivity index (χ1) is 4.84. The Labute approximate surface area is 62.0 Å². The highest BCUT2D eigenvalue weighted by Crippen LogP contribution is 2.18. The third-order valence-corrected chi connectivity index (χ3v) is 2.19. The van der Waals surface area contributed by atoms with E-state index < -0.39 is 6.17 Å². The molecule has 0 aliphatic carbocycles. The largest absolute Gasteiger partial charge is 0.313 e. The maximum atomic E-state index is 12.8.